The number of fused-ring (bicyclic) bond motifs is 3. The predicted molar refractivity (Wildman–Crippen MR) is 64.5 cm³/mol. The molecule has 1 unspecified atom stereocenters. The summed E-state index contributed by atoms with van der Waals surface area (Å²) in [6.07, 6.45) is 0. The molecular weight excluding hydrogens is 230 g/mol. The van der Waals surface area contributed by atoms with E-state index in [-0.39, 0.29) is 5.37 Å². The van der Waals surface area contributed by atoms with Crippen LogP contribution in [0.1, 0.15) is 11.1 Å². The summed E-state index contributed by atoms with van der Waals surface area (Å²) in [6, 6.07) is 5.47. The van der Waals surface area contributed by atoms with Crippen LogP contribution in [0.4, 0.5) is 0 Å². The fourth-order valence-electron chi connectivity index (χ4n) is 1.99. The van der Waals surface area contributed by atoms with E-state index in [4.69, 9.17) is 17.3 Å². The topological polar surface area (TPSA) is 46.2 Å². The first-order valence-electron chi connectivity index (χ1n) is 4.53. The van der Waals surface area contributed by atoms with Crippen LogP contribution in [0.15, 0.2) is 29.2 Å². The molecule has 1 aromatic rings. The molecule has 0 fully saturated rings. The van der Waals surface area contributed by atoms with E-state index >= 15 is 0 Å². The van der Waals surface area contributed by atoms with E-state index in [0.717, 1.165) is 22.3 Å². The van der Waals surface area contributed by atoms with Gasteiger partial charge in [-0.1, -0.05) is 11.6 Å². The summed E-state index contributed by atoms with van der Waals surface area (Å²) in [6.45, 7) is 0. The number of thioether (sulfide) groups is 1. The molecule has 0 saturated heterocycles. The Balaban J connectivity index is 2.28. The van der Waals surface area contributed by atoms with Crippen molar-refractivity contribution < 1.29 is 5.11 Å². The van der Waals surface area contributed by atoms with Crippen LogP contribution < -0.4 is 5.73 Å². The third-order valence-corrected chi connectivity index (χ3v) is 3.83. The van der Waals surface area contributed by atoms with Crippen molar-refractivity contribution in [1.29, 1.82) is 0 Å². The van der Waals surface area contributed by atoms with Gasteiger partial charge in [0.25, 0.3) is 0 Å². The summed E-state index contributed by atoms with van der Waals surface area (Å²) in [5.74, 6) is 0.297. The average molecular weight is 238 g/mol. The second-order valence-electron chi connectivity index (χ2n) is 3.54. The van der Waals surface area contributed by atoms with Gasteiger partial charge in [-0.2, -0.15) is 0 Å². The summed E-state index contributed by atoms with van der Waals surface area (Å²) in [7, 11) is 0. The highest BCUT2D eigenvalue weighted by Crippen LogP contribution is 2.49. The summed E-state index contributed by atoms with van der Waals surface area (Å²) < 4.78 is 0. The molecule has 3 rings (SSSR count). The van der Waals surface area contributed by atoms with Gasteiger partial charge in [-0.25, -0.2) is 0 Å². The lowest BCUT2D eigenvalue weighted by molar-refractivity contribution is 0.509. The van der Waals surface area contributed by atoms with E-state index in [2.05, 4.69) is 0 Å². The number of aliphatic hydroxyl groups is 1. The van der Waals surface area contributed by atoms with E-state index in [1.807, 2.05) is 17.5 Å². The zero-order chi connectivity index (χ0) is 10.6. The standard InChI is InChI=1S/C11H8ClNOS/c12-5-1-2-6-7(3-5)8-4-15-11(13)9(8)10(6)14/h1-4,11,14H,13H2. The smallest absolute Gasteiger partial charge is 0.129 e. The molecule has 1 heterocycles. The van der Waals surface area contributed by atoms with Crippen molar-refractivity contribution in [2.75, 3.05) is 0 Å². The molecule has 1 aromatic carbocycles. The molecule has 1 aliphatic carbocycles. The molecule has 76 valence electrons. The summed E-state index contributed by atoms with van der Waals surface area (Å²) in [5, 5.41) is 12.5. The second-order valence-corrected chi connectivity index (χ2v) is 4.99. The van der Waals surface area contributed by atoms with Crippen molar-refractivity contribution >= 4 is 34.7 Å². The Morgan fingerprint density at radius 1 is 1.33 bits per heavy atom. The molecule has 4 heteroatoms. The number of hydrogen-bond acceptors (Lipinski definition) is 3. The first-order valence-corrected chi connectivity index (χ1v) is 5.85. The number of hydrogen-bond donors (Lipinski definition) is 2. The fourth-order valence-corrected chi connectivity index (χ4v) is 3.07. The Kier molecular flexibility index (Phi) is 1.89. The molecular formula is C11H8ClNOS. The van der Waals surface area contributed by atoms with Crippen LogP contribution in [0.25, 0.3) is 11.3 Å². The Morgan fingerprint density at radius 3 is 2.93 bits per heavy atom. The zero-order valence-electron chi connectivity index (χ0n) is 7.70. The Hall–Kier alpha value is -0.900. The number of rotatable bonds is 0. The van der Waals surface area contributed by atoms with Gasteiger partial charge in [0.15, 0.2) is 0 Å². The third kappa shape index (κ3) is 1.17. The first-order chi connectivity index (χ1) is 7.18. The highest BCUT2D eigenvalue weighted by molar-refractivity contribution is 8.03. The minimum absolute atomic E-state index is 0.161. The van der Waals surface area contributed by atoms with E-state index in [0.29, 0.717) is 10.8 Å². The number of halogens is 1. The van der Waals surface area contributed by atoms with Gasteiger partial charge >= 0.3 is 0 Å². The lowest BCUT2D eigenvalue weighted by atomic mass is 10.1. The summed E-state index contributed by atoms with van der Waals surface area (Å²) in [4.78, 5) is 0. The maximum absolute atomic E-state index is 10.0. The van der Waals surface area contributed by atoms with Gasteiger partial charge in [-0.05, 0) is 34.7 Å². The van der Waals surface area contributed by atoms with E-state index < -0.39 is 0 Å². The average Bonchev–Trinajstić information content (AvgIpc) is 2.70. The van der Waals surface area contributed by atoms with Crippen molar-refractivity contribution in [3.63, 3.8) is 0 Å². The Labute approximate surface area is 96.4 Å². The van der Waals surface area contributed by atoms with Crippen LogP contribution in [-0.2, 0) is 0 Å². The van der Waals surface area contributed by atoms with Crippen LogP contribution in [0.2, 0.25) is 5.02 Å². The molecule has 1 atom stereocenters. The minimum Gasteiger partial charge on any atom is -0.507 e. The molecule has 2 aliphatic rings. The monoisotopic (exact) mass is 237 g/mol. The van der Waals surface area contributed by atoms with E-state index in [9.17, 15) is 5.11 Å². The van der Waals surface area contributed by atoms with Crippen LogP contribution in [-0.4, -0.2) is 10.5 Å². The highest BCUT2D eigenvalue weighted by Gasteiger charge is 2.33. The third-order valence-electron chi connectivity index (χ3n) is 2.69. The lowest BCUT2D eigenvalue weighted by Crippen LogP contribution is -2.14. The maximum atomic E-state index is 10.0. The van der Waals surface area contributed by atoms with E-state index in [1.54, 1.807) is 6.07 Å². The van der Waals surface area contributed by atoms with Gasteiger partial charge in [0.1, 0.15) is 5.76 Å². The van der Waals surface area contributed by atoms with Crippen LogP contribution in [0.3, 0.4) is 0 Å². The molecule has 0 amide bonds. The zero-order valence-corrected chi connectivity index (χ0v) is 9.27. The van der Waals surface area contributed by atoms with Gasteiger partial charge in [-0.15, -0.1) is 11.8 Å². The number of nitrogens with two attached hydrogens (primary N) is 1. The molecule has 0 spiro atoms. The van der Waals surface area contributed by atoms with Crippen LogP contribution in [0, 0.1) is 0 Å². The van der Waals surface area contributed by atoms with Crippen molar-refractivity contribution in [3.8, 4) is 0 Å². The molecule has 3 N–H and O–H groups in total. The van der Waals surface area contributed by atoms with Gasteiger partial charge < -0.3 is 10.8 Å². The van der Waals surface area contributed by atoms with Crippen molar-refractivity contribution in [2.45, 2.75) is 5.37 Å². The fraction of sp³-hybridized carbons (Fsp3) is 0.0909. The molecule has 0 aromatic heterocycles. The largest absolute Gasteiger partial charge is 0.507 e. The van der Waals surface area contributed by atoms with Gasteiger partial charge in [-0.3, -0.25) is 0 Å². The molecule has 0 radical (unpaired) electrons. The highest BCUT2D eigenvalue weighted by atomic mass is 35.5. The molecule has 0 saturated carbocycles. The molecule has 1 aliphatic heterocycles. The van der Waals surface area contributed by atoms with Crippen molar-refractivity contribution in [2.24, 2.45) is 5.73 Å². The number of aliphatic hydroxyl groups excluding tert-OH is 1. The van der Waals surface area contributed by atoms with Crippen molar-refractivity contribution in [3.05, 3.63) is 45.3 Å². The predicted octanol–water partition coefficient (Wildman–Crippen LogP) is 3.00. The quantitative estimate of drug-likeness (QED) is 0.729. The Morgan fingerprint density at radius 2 is 2.13 bits per heavy atom. The maximum Gasteiger partial charge on any atom is 0.129 e. The number of benzene rings is 1. The normalized spacial score (nSPS) is 22.8. The van der Waals surface area contributed by atoms with Crippen LogP contribution >= 0.6 is 23.4 Å². The SMILES string of the molecule is NC1SC=C2C1=C(O)c1ccc(Cl)cc12. The van der Waals surface area contributed by atoms with Crippen molar-refractivity contribution in [1.82, 2.24) is 0 Å². The van der Waals surface area contributed by atoms with E-state index in [1.165, 1.54) is 11.8 Å². The molecule has 0 bridgehead atoms. The minimum atomic E-state index is -0.161. The van der Waals surface area contributed by atoms with Gasteiger partial charge in [0, 0.05) is 16.2 Å². The lowest BCUT2D eigenvalue weighted by Gasteiger charge is -2.03. The Bertz CT molecular complexity index is 521. The molecule has 2 nitrogen and oxygen atoms in total. The van der Waals surface area contributed by atoms with Crippen LogP contribution in [0.5, 0.6) is 0 Å². The van der Waals surface area contributed by atoms with Gasteiger partial charge in [0.2, 0.25) is 0 Å². The summed E-state index contributed by atoms with van der Waals surface area (Å²) >= 11 is 7.45. The van der Waals surface area contributed by atoms with Gasteiger partial charge in [0.05, 0.1) is 5.37 Å². The summed E-state index contributed by atoms with van der Waals surface area (Å²) in [5.41, 5.74) is 9.55. The first kappa shape index (κ1) is 9.33. The second kappa shape index (κ2) is 3.04. The molecule has 15 heavy (non-hydrogen) atoms.